The summed E-state index contributed by atoms with van der Waals surface area (Å²) in [6.45, 7) is 8.73. The molecule has 2 aromatic carbocycles. The maximum Gasteiger partial charge on any atom is 0.280 e. The van der Waals surface area contributed by atoms with Crippen molar-refractivity contribution < 1.29 is 9.53 Å². The zero-order chi connectivity index (χ0) is 32.6. The fourth-order valence-electron chi connectivity index (χ4n) is 6.08. The Labute approximate surface area is 272 Å². The number of allylic oxidation sites excluding steroid dienone is 1. The van der Waals surface area contributed by atoms with Crippen LogP contribution in [0.25, 0.3) is 16.7 Å². The first-order valence-corrected chi connectivity index (χ1v) is 15.9. The van der Waals surface area contributed by atoms with Gasteiger partial charge in [-0.25, -0.2) is 9.98 Å². The number of piperazine rings is 1. The number of anilines is 1. The van der Waals surface area contributed by atoms with Crippen LogP contribution in [0, 0.1) is 5.92 Å². The zero-order valence-corrected chi connectivity index (χ0v) is 27.3. The number of nitrogen functional groups attached to an aromatic ring is 1. The van der Waals surface area contributed by atoms with Crippen molar-refractivity contribution in [3.63, 3.8) is 0 Å². The lowest BCUT2D eigenvalue weighted by Crippen LogP contribution is -2.45. The average molecular weight is 623 g/mol. The lowest BCUT2D eigenvalue weighted by Gasteiger charge is -2.36. The molecule has 0 saturated carbocycles. The van der Waals surface area contributed by atoms with Crippen LogP contribution in [-0.4, -0.2) is 105 Å². The largest absolute Gasteiger partial charge is 0.404 e. The van der Waals surface area contributed by atoms with Gasteiger partial charge in [0.25, 0.3) is 5.91 Å². The van der Waals surface area contributed by atoms with E-state index in [9.17, 15) is 4.79 Å². The first-order chi connectivity index (χ1) is 22.2. The number of carbonyl (C=O) groups excluding carboxylic acids is 1. The van der Waals surface area contributed by atoms with E-state index in [0.29, 0.717) is 23.8 Å². The molecule has 2 aliphatic heterocycles. The fraction of sp³-hybridized carbons (Fsp3) is 0.389. The van der Waals surface area contributed by atoms with Crippen LogP contribution in [0.3, 0.4) is 0 Å². The van der Waals surface area contributed by atoms with Crippen molar-refractivity contribution in [2.24, 2.45) is 21.6 Å². The number of aliphatic imine (C=N–C) groups is 2. The van der Waals surface area contributed by atoms with Crippen LogP contribution in [0.1, 0.15) is 40.0 Å². The Hall–Kier alpha value is -4.22. The minimum atomic E-state index is -0.456. The molecule has 2 aliphatic rings. The third kappa shape index (κ3) is 8.13. The molecular weight excluding hydrogens is 576 g/mol. The van der Waals surface area contributed by atoms with Crippen molar-refractivity contribution in [3.8, 4) is 11.1 Å². The number of aromatic nitrogens is 1. The fourth-order valence-corrected chi connectivity index (χ4v) is 6.08. The number of hydrogen-bond acceptors (Lipinski definition) is 9. The van der Waals surface area contributed by atoms with Gasteiger partial charge in [-0.3, -0.25) is 14.7 Å². The third-order valence-corrected chi connectivity index (χ3v) is 9.03. The quantitative estimate of drug-likeness (QED) is 0.325. The highest BCUT2D eigenvalue weighted by Crippen LogP contribution is 2.27. The van der Waals surface area contributed by atoms with Gasteiger partial charge < -0.3 is 26.0 Å². The predicted molar refractivity (Wildman–Crippen MR) is 187 cm³/mol. The van der Waals surface area contributed by atoms with E-state index in [1.807, 2.05) is 7.05 Å². The molecule has 2 saturated heterocycles. The van der Waals surface area contributed by atoms with E-state index in [1.54, 1.807) is 31.7 Å². The summed E-state index contributed by atoms with van der Waals surface area (Å²) in [4.78, 5) is 32.6. The van der Waals surface area contributed by atoms with Crippen LogP contribution in [0.4, 0.5) is 5.82 Å². The molecule has 0 bridgehead atoms. The zero-order valence-electron chi connectivity index (χ0n) is 27.3. The Balaban J connectivity index is 1.17. The monoisotopic (exact) mass is 622 g/mol. The maximum absolute atomic E-state index is 13.0. The number of likely N-dealkylation sites (tertiary alicyclic amines) is 1. The van der Waals surface area contributed by atoms with Crippen molar-refractivity contribution in [2.75, 3.05) is 66.1 Å². The smallest absolute Gasteiger partial charge is 0.280 e. The van der Waals surface area contributed by atoms with Gasteiger partial charge in [-0.15, -0.1) is 0 Å². The van der Waals surface area contributed by atoms with Crippen molar-refractivity contribution >= 4 is 29.7 Å². The third-order valence-electron chi connectivity index (χ3n) is 9.03. The second-order valence-electron chi connectivity index (χ2n) is 12.3. The number of ether oxygens (including phenoxy) is 1. The first-order valence-electron chi connectivity index (χ1n) is 15.9. The number of nitrogens with zero attached hydrogens (tertiary/aromatic N) is 6. The highest BCUT2D eigenvalue weighted by atomic mass is 16.5. The van der Waals surface area contributed by atoms with Crippen molar-refractivity contribution in [1.29, 1.82) is 0 Å². The highest BCUT2D eigenvalue weighted by molar-refractivity contribution is 6.11. The molecule has 3 aromatic rings. The molecule has 46 heavy (non-hydrogen) atoms. The van der Waals surface area contributed by atoms with Gasteiger partial charge in [0, 0.05) is 94.2 Å². The normalized spacial score (nSPS) is 21.0. The molecule has 4 N–H and O–H groups in total. The van der Waals surface area contributed by atoms with Crippen LogP contribution in [-0.2, 0) is 11.3 Å². The summed E-state index contributed by atoms with van der Waals surface area (Å²) >= 11 is 0. The summed E-state index contributed by atoms with van der Waals surface area (Å²) in [6, 6.07) is 19.6. The minimum Gasteiger partial charge on any atom is -0.404 e. The minimum absolute atomic E-state index is 0.0379. The second-order valence-corrected chi connectivity index (χ2v) is 12.3. The predicted octanol–water partition coefficient (Wildman–Crippen LogP) is 4.00. The number of nitrogens with two attached hydrogens (primary N) is 2. The van der Waals surface area contributed by atoms with Gasteiger partial charge in [0.15, 0.2) is 0 Å². The van der Waals surface area contributed by atoms with Gasteiger partial charge in [-0.2, -0.15) is 0 Å². The van der Waals surface area contributed by atoms with Gasteiger partial charge in [0.1, 0.15) is 5.82 Å². The van der Waals surface area contributed by atoms with Crippen molar-refractivity contribution in [2.45, 2.75) is 25.7 Å². The molecule has 0 radical (unpaired) electrons. The van der Waals surface area contributed by atoms with E-state index < -0.39 is 5.91 Å². The summed E-state index contributed by atoms with van der Waals surface area (Å²) < 4.78 is 6.35. The molecule has 10 nitrogen and oxygen atoms in total. The number of rotatable bonds is 10. The molecule has 3 heterocycles. The Bertz CT molecular complexity index is 1560. The maximum atomic E-state index is 13.0. The standard InChI is InChI=1S/C36H46N8O2/c1-25(44-15-13-42(3)14-16-44)27-9-11-29(12-10-27)28-7-5-26(6-8-28)24-46-34-23-43(4)22-32(34)21-41-36(45)33-17-30(20-40-35(33)38)31(18-37)19-39-2/h5-12,17-21,25,32,34H,13-16,22-24,37H2,1-4H3,(H2,38,40). The average Bonchev–Trinajstić information content (AvgIpc) is 3.44. The van der Waals surface area contributed by atoms with E-state index >= 15 is 0 Å². The van der Waals surface area contributed by atoms with Gasteiger partial charge in [-0.1, -0.05) is 48.5 Å². The summed E-state index contributed by atoms with van der Waals surface area (Å²) in [5, 5.41) is 0. The summed E-state index contributed by atoms with van der Waals surface area (Å²) in [5.74, 6) is -0.377. The van der Waals surface area contributed by atoms with Crippen molar-refractivity contribution in [3.05, 3.63) is 89.2 Å². The first kappa shape index (κ1) is 33.2. The van der Waals surface area contributed by atoms with E-state index in [1.165, 1.54) is 22.9 Å². The molecule has 0 aliphatic carbocycles. The Kier molecular flexibility index (Phi) is 11.1. The molecule has 1 aromatic heterocycles. The molecule has 5 rings (SSSR count). The summed E-state index contributed by atoms with van der Waals surface area (Å²) in [5.41, 5.74) is 18.1. The SMILES string of the molecule is CN=CC(=CN)c1cnc(N)c(C(=O)N=CC2CN(C)CC2OCc2ccc(-c3ccc(C(C)N4CCN(C)CC4)cc3)cc2)c1. The van der Waals surface area contributed by atoms with E-state index in [0.717, 1.165) is 44.8 Å². The highest BCUT2D eigenvalue weighted by Gasteiger charge is 2.31. The van der Waals surface area contributed by atoms with Crippen LogP contribution in [0.5, 0.6) is 0 Å². The van der Waals surface area contributed by atoms with E-state index in [2.05, 4.69) is 92.2 Å². The second kappa shape index (κ2) is 15.4. The van der Waals surface area contributed by atoms with Gasteiger partial charge in [0.05, 0.1) is 18.3 Å². The Morgan fingerprint density at radius 3 is 2.35 bits per heavy atom. The van der Waals surface area contributed by atoms with Gasteiger partial charge in [0.2, 0.25) is 0 Å². The number of benzene rings is 2. The van der Waals surface area contributed by atoms with Crippen LogP contribution >= 0.6 is 0 Å². The number of likely N-dealkylation sites (N-methyl/N-ethyl adjacent to an activating group) is 2. The Morgan fingerprint density at radius 1 is 1.02 bits per heavy atom. The van der Waals surface area contributed by atoms with Crippen LogP contribution < -0.4 is 11.5 Å². The van der Waals surface area contributed by atoms with Crippen LogP contribution in [0.15, 0.2) is 77.0 Å². The van der Waals surface area contributed by atoms with Crippen LogP contribution in [0.2, 0.25) is 0 Å². The van der Waals surface area contributed by atoms with Gasteiger partial charge >= 0.3 is 0 Å². The number of carbonyl (C=O) groups is 1. The lowest BCUT2D eigenvalue weighted by atomic mass is 9.99. The lowest BCUT2D eigenvalue weighted by molar-refractivity contribution is 0.0373. The van der Waals surface area contributed by atoms with E-state index in [4.69, 9.17) is 16.2 Å². The molecule has 3 atom stereocenters. The number of amides is 1. The molecule has 2 fully saturated rings. The molecule has 3 unspecified atom stereocenters. The van der Waals surface area contributed by atoms with E-state index in [-0.39, 0.29) is 23.4 Å². The molecule has 10 heteroatoms. The number of hydrogen-bond donors (Lipinski definition) is 2. The number of pyridine rings is 1. The summed E-state index contributed by atoms with van der Waals surface area (Å²) in [7, 11) is 5.88. The molecule has 242 valence electrons. The van der Waals surface area contributed by atoms with Crippen molar-refractivity contribution in [1.82, 2.24) is 19.7 Å². The topological polar surface area (TPSA) is 126 Å². The molecule has 1 amide bonds. The summed E-state index contributed by atoms with van der Waals surface area (Å²) in [6.07, 6.45) is 6.17. The van der Waals surface area contributed by atoms with Gasteiger partial charge in [-0.05, 0) is 49.3 Å². The molecular formula is C36H46N8O2. The molecule has 0 spiro atoms. The Morgan fingerprint density at radius 2 is 1.70 bits per heavy atom.